The van der Waals surface area contributed by atoms with Crippen molar-refractivity contribution in [3.8, 4) is 11.5 Å². The average Bonchev–Trinajstić information content (AvgIpc) is 3.37. The molecule has 3 aromatic rings. The van der Waals surface area contributed by atoms with Crippen LogP contribution in [0.2, 0.25) is 5.15 Å². The Bertz CT molecular complexity index is 1160. The Hall–Kier alpha value is -3.53. The molecule has 4 heterocycles. The zero-order chi connectivity index (χ0) is 22.1. The van der Waals surface area contributed by atoms with Crippen molar-refractivity contribution in [1.82, 2.24) is 30.0 Å². The summed E-state index contributed by atoms with van der Waals surface area (Å²) in [6, 6.07) is 7.06. The van der Waals surface area contributed by atoms with Crippen LogP contribution in [0.25, 0.3) is 11.5 Å². The van der Waals surface area contributed by atoms with Gasteiger partial charge in [-0.05, 0) is 32.0 Å². The first-order valence-corrected chi connectivity index (χ1v) is 9.98. The summed E-state index contributed by atoms with van der Waals surface area (Å²) >= 11 is 6.10. The van der Waals surface area contributed by atoms with Gasteiger partial charge in [-0.15, -0.1) is 10.2 Å². The fourth-order valence-corrected chi connectivity index (χ4v) is 3.56. The summed E-state index contributed by atoms with van der Waals surface area (Å²) in [5.74, 6) is 0.826. The van der Waals surface area contributed by atoms with Gasteiger partial charge in [0, 0.05) is 24.2 Å². The standard InChI is InChI=1S/C20H20ClN7O3/c1-11(2)28-10-23-26-18(28)14-5-4-6-17(25-14)27-8-13-12(19(27)29)7-16(21)24-15(13)9-31-20(30)22-3/h4-7,10-11H,8-9H2,1-3H3,(H,22,30). The van der Waals surface area contributed by atoms with Crippen LogP contribution in [-0.4, -0.2) is 43.8 Å². The molecule has 1 aliphatic rings. The van der Waals surface area contributed by atoms with E-state index in [1.807, 2.05) is 30.5 Å². The van der Waals surface area contributed by atoms with Gasteiger partial charge in [-0.3, -0.25) is 9.69 Å². The van der Waals surface area contributed by atoms with Crippen LogP contribution >= 0.6 is 11.6 Å². The lowest BCUT2D eigenvalue weighted by atomic mass is 10.1. The van der Waals surface area contributed by atoms with E-state index >= 15 is 0 Å². The lowest BCUT2D eigenvalue weighted by Crippen LogP contribution is -2.24. The van der Waals surface area contributed by atoms with E-state index in [0.717, 1.165) is 0 Å². The number of pyridine rings is 2. The molecular weight excluding hydrogens is 422 g/mol. The zero-order valence-electron chi connectivity index (χ0n) is 17.2. The van der Waals surface area contributed by atoms with Crippen molar-refractivity contribution in [2.24, 2.45) is 0 Å². The molecule has 0 aromatic carbocycles. The van der Waals surface area contributed by atoms with Crippen molar-refractivity contribution < 1.29 is 14.3 Å². The molecule has 0 saturated carbocycles. The van der Waals surface area contributed by atoms with E-state index < -0.39 is 6.09 Å². The van der Waals surface area contributed by atoms with Gasteiger partial charge >= 0.3 is 6.09 Å². The van der Waals surface area contributed by atoms with Crippen LogP contribution in [-0.2, 0) is 17.9 Å². The number of carbonyl (C=O) groups is 2. The fraction of sp³-hybridized carbons (Fsp3) is 0.300. The lowest BCUT2D eigenvalue weighted by molar-refractivity contribution is 0.0996. The van der Waals surface area contributed by atoms with Crippen molar-refractivity contribution in [3.05, 3.63) is 52.6 Å². The SMILES string of the molecule is CNC(=O)OCc1nc(Cl)cc2c1CN(c1cccc(-c3nncn3C(C)C)n1)C2=O. The number of fused-ring (bicyclic) bond motifs is 1. The Labute approximate surface area is 183 Å². The maximum Gasteiger partial charge on any atom is 0.407 e. The van der Waals surface area contributed by atoms with Crippen molar-refractivity contribution >= 4 is 29.4 Å². The zero-order valence-corrected chi connectivity index (χ0v) is 17.9. The van der Waals surface area contributed by atoms with Gasteiger partial charge in [-0.2, -0.15) is 0 Å². The van der Waals surface area contributed by atoms with Crippen LogP contribution in [0.1, 0.15) is 41.5 Å². The fourth-order valence-electron chi connectivity index (χ4n) is 3.35. The third kappa shape index (κ3) is 3.93. The summed E-state index contributed by atoms with van der Waals surface area (Å²) in [6.45, 7) is 4.18. The highest BCUT2D eigenvalue weighted by atomic mass is 35.5. The molecule has 2 amide bonds. The van der Waals surface area contributed by atoms with Crippen LogP contribution in [0.15, 0.2) is 30.6 Å². The normalized spacial score (nSPS) is 12.9. The van der Waals surface area contributed by atoms with Gasteiger partial charge in [0.2, 0.25) is 0 Å². The van der Waals surface area contributed by atoms with E-state index in [1.54, 1.807) is 12.4 Å². The summed E-state index contributed by atoms with van der Waals surface area (Å²) in [6.07, 6.45) is 1.05. The molecule has 160 valence electrons. The quantitative estimate of drug-likeness (QED) is 0.605. The predicted molar refractivity (Wildman–Crippen MR) is 113 cm³/mol. The number of rotatable bonds is 5. The number of halogens is 1. The molecule has 0 saturated heterocycles. The molecule has 10 nitrogen and oxygen atoms in total. The molecule has 0 radical (unpaired) electrons. The van der Waals surface area contributed by atoms with E-state index in [4.69, 9.17) is 16.3 Å². The molecule has 0 bridgehead atoms. The van der Waals surface area contributed by atoms with Crippen molar-refractivity contribution in [2.45, 2.75) is 33.0 Å². The highest BCUT2D eigenvalue weighted by molar-refractivity contribution is 6.30. The molecule has 3 aromatic heterocycles. The average molecular weight is 442 g/mol. The highest BCUT2D eigenvalue weighted by Gasteiger charge is 2.33. The summed E-state index contributed by atoms with van der Waals surface area (Å²) < 4.78 is 7.01. The van der Waals surface area contributed by atoms with Crippen molar-refractivity contribution in [1.29, 1.82) is 0 Å². The number of carbonyl (C=O) groups excluding carboxylic acids is 2. The number of alkyl carbamates (subject to hydrolysis) is 1. The summed E-state index contributed by atoms with van der Waals surface area (Å²) in [5.41, 5.74) is 2.09. The van der Waals surface area contributed by atoms with E-state index in [1.165, 1.54) is 18.0 Å². The largest absolute Gasteiger partial charge is 0.443 e. The molecule has 0 atom stereocenters. The first-order chi connectivity index (χ1) is 14.9. The van der Waals surface area contributed by atoms with Gasteiger partial charge in [0.25, 0.3) is 5.91 Å². The first kappa shape index (κ1) is 20.7. The second-order valence-electron chi connectivity index (χ2n) is 7.17. The predicted octanol–water partition coefficient (Wildman–Crippen LogP) is 2.99. The van der Waals surface area contributed by atoms with Gasteiger partial charge < -0.3 is 14.6 Å². The van der Waals surface area contributed by atoms with Crippen LogP contribution < -0.4 is 10.2 Å². The van der Waals surface area contributed by atoms with Crippen molar-refractivity contribution in [2.75, 3.05) is 11.9 Å². The topological polar surface area (TPSA) is 115 Å². The molecule has 4 rings (SSSR count). The van der Waals surface area contributed by atoms with Crippen LogP contribution in [0.4, 0.5) is 10.6 Å². The molecule has 0 fully saturated rings. The Balaban J connectivity index is 1.66. The smallest absolute Gasteiger partial charge is 0.407 e. The monoisotopic (exact) mass is 441 g/mol. The highest BCUT2D eigenvalue weighted by Crippen LogP contribution is 2.32. The molecule has 1 aliphatic heterocycles. The second kappa shape index (κ2) is 8.31. The van der Waals surface area contributed by atoms with E-state index in [9.17, 15) is 9.59 Å². The number of hydrogen-bond acceptors (Lipinski definition) is 7. The summed E-state index contributed by atoms with van der Waals surface area (Å²) in [7, 11) is 1.46. The van der Waals surface area contributed by atoms with Crippen LogP contribution in [0, 0.1) is 0 Å². The number of anilines is 1. The minimum Gasteiger partial charge on any atom is -0.443 e. The van der Waals surface area contributed by atoms with E-state index in [0.29, 0.717) is 34.2 Å². The third-order valence-electron chi connectivity index (χ3n) is 4.88. The molecule has 11 heteroatoms. The Morgan fingerprint density at radius 2 is 2.13 bits per heavy atom. The van der Waals surface area contributed by atoms with Crippen LogP contribution in [0.5, 0.6) is 0 Å². The molecule has 31 heavy (non-hydrogen) atoms. The Kier molecular flexibility index (Phi) is 5.55. The minimum atomic E-state index is -0.597. The van der Waals surface area contributed by atoms with Crippen LogP contribution in [0.3, 0.4) is 0 Å². The maximum absolute atomic E-state index is 13.1. The Morgan fingerprint density at radius 1 is 1.32 bits per heavy atom. The van der Waals surface area contributed by atoms with Gasteiger partial charge in [0.15, 0.2) is 5.82 Å². The van der Waals surface area contributed by atoms with Gasteiger partial charge in [0.05, 0.1) is 12.2 Å². The number of nitrogens with zero attached hydrogens (tertiary/aromatic N) is 6. The number of hydrogen-bond donors (Lipinski definition) is 1. The van der Waals surface area contributed by atoms with E-state index in [2.05, 4.69) is 25.5 Å². The van der Waals surface area contributed by atoms with Crippen molar-refractivity contribution in [3.63, 3.8) is 0 Å². The summed E-state index contributed by atoms with van der Waals surface area (Å²) in [4.78, 5) is 35.0. The van der Waals surface area contributed by atoms with Gasteiger partial charge in [0.1, 0.15) is 29.6 Å². The third-order valence-corrected chi connectivity index (χ3v) is 5.08. The number of ether oxygens (including phenoxy) is 1. The summed E-state index contributed by atoms with van der Waals surface area (Å²) in [5, 5.41) is 10.7. The minimum absolute atomic E-state index is 0.103. The molecule has 0 unspecified atom stereocenters. The lowest BCUT2D eigenvalue weighted by Gasteiger charge is -2.16. The maximum atomic E-state index is 13.1. The second-order valence-corrected chi connectivity index (χ2v) is 7.56. The van der Waals surface area contributed by atoms with Gasteiger partial charge in [-0.25, -0.2) is 14.8 Å². The molecule has 1 N–H and O–H groups in total. The molecule has 0 aliphatic carbocycles. The number of aromatic nitrogens is 5. The van der Waals surface area contributed by atoms with Gasteiger partial charge in [-0.1, -0.05) is 17.7 Å². The first-order valence-electron chi connectivity index (χ1n) is 9.60. The molecular formula is C20H20ClN7O3. The number of amides is 2. The molecule has 0 spiro atoms. The number of nitrogens with one attached hydrogen (secondary N) is 1. The van der Waals surface area contributed by atoms with E-state index in [-0.39, 0.29) is 30.3 Å². The Morgan fingerprint density at radius 3 is 2.87 bits per heavy atom.